The van der Waals surface area contributed by atoms with Crippen molar-refractivity contribution in [3.63, 3.8) is 0 Å². The lowest BCUT2D eigenvalue weighted by Gasteiger charge is -2.41. The summed E-state index contributed by atoms with van der Waals surface area (Å²) < 4.78 is 59.0. The zero-order chi connectivity index (χ0) is 41.8. The van der Waals surface area contributed by atoms with Crippen LogP contribution in [0, 0.1) is 0 Å². The second-order valence-electron chi connectivity index (χ2n) is 15.3. The standard InChI is InChI=1S/C44H80O12S/c1-3-5-7-9-11-13-15-17-19-20-21-23-25-27-29-31-33-40(46)54-38(36-52-34-32-30-28-26-24-22-18-16-14-12-10-8-6-4-2)37-53-44-42(48)43(56-57(49,50)51)41(47)39(35-45)55-44/h8,10,14,16,19-20,38-39,41-45,47-48H,3-7,9,11-13,15,17-18,21-37H2,1-2H3,(H,49,50,51)/b10-8-,16-14-,20-19-. The van der Waals surface area contributed by atoms with E-state index in [1.54, 1.807) is 0 Å². The number of unbranched alkanes of at least 4 members (excludes halogenated alkanes) is 19. The molecule has 57 heavy (non-hydrogen) atoms. The summed E-state index contributed by atoms with van der Waals surface area (Å²) in [5.74, 6) is -0.412. The Hall–Kier alpha value is -1.68. The van der Waals surface area contributed by atoms with Gasteiger partial charge >= 0.3 is 16.4 Å². The Balaban J connectivity index is 2.45. The third kappa shape index (κ3) is 30.1. The molecule has 12 nitrogen and oxygen atoms in total. The minimum absolute atomic E-state index is 0.0258. The van der Waals surface area contributed by atoms with Crippen molar-refractivity contribution < 1.29 is 56.2 Å². The van der Waals surface area contributed by atoms with E-state index in [0.29, 0.717) is 13.0 Å². The Morgan fingerprint density at radius 2 is 1.19 bits per heavy atom. The number of carbonyl (C=O) groups is 1. The van der Waals surface area contributed by atoms with Gasteiger partial charge in [0.1, 0.15) is 30.5 Å². The highest BCUT2D eigenvalue weighted by Gasteiger charge is 2.48. The number of allylic oxidation sites excluding steroid dienone is 6. The molecule has 4 N–H and O–H groups in total. The summed E-state index contributed by atoms with van der Waals surface area (Å²) in [5.41, 5.74) is 0. The van der Waals surface area contributed by atoms with Gasteiger partial charge in [0.15, 0.2) is 6.29 Å². The summed E-state index contributed by atoms with van der Waals surface area (Å²) in [4.78, 5) is 12.8. The molecule has 6 atom stereocenters. The predicted octanol–water partition coefficient (Wildman–Crippen LogP) is 9.02. The van der Waals surface area contributed by atoms with Gasteiger partial charge in [0.2, 0.25) is 0 Å². The van der Waals surface area contributed by atoms with Gasteiger partial charge in [-0.05, 0) is 64.2 Å². The normalized spacial score (nSPS) is 21.0. The molecule has 0 spiro atoms. The fourth-order valence-electron chi connectivity index (χ4n) is 6.59. The quantitative estimate of drug-likeness (QED) is 0.0201. The molecule has 0 aliphatic carbocycles. The van der Waals surface area contributed by atoms with E-state index in [1.165, 1.54) is 64.2 Å². The number of rotatable bonds is 38. The first-order valence-electron chi connectivity index (χ1n) is 22.2. The SMILES string of the molecule is CCC/C=C\C/C=C\CCCCCCCCOCC(COC1OC(CO)C(O)C(OS(=O)(=O)O)C1O)OC(=O)CCCCCCC/C=C\CCCCCCCCC. The van der Waals surface area contributed by atoms with Crippen LogP contribution in [0.2, 0.25) is 0 Å². The van der Waals surface area contributed by atoms with E-state index >= 15 is 0 Å². The number of aliphatic hydroxyl groups excluding tert-OH is 3. The van der Waals surface area contributed by atoms with Crippen molar-refractivity contribution in [1.29, 1.82) is 0 Å². The first-order chi connectivity index (χ1) is 27.6. The largest absolute Gasteiger partial charge is 0.457 e. The van der Waals surface area contributed by atoms with Gasteiger partial charge in [-0.1, -0.05) is 140 Å². The molecule has 13 heteroatoms. The maximum atomic E-state index is 12.8. The number of hydrogen-bond acceptors (Lipinski definition) is 11. The summed E-state index contributed by atoms with van der Waals surface area (Å²) in [6, 6.07) is 0. The topological polar surface area (TPSA) is 178 Å². The predicted molar refractivity (Wildman–Crippen MR) is 225 cm³/mol. The zero-order valence-corrected chi connectivity index (χ0v) is 36.2. The van der Waals surface area contributed by atoms with Crippen LogP contribution in [0.1, 0.15) is 174 Å². The lowest BCUT2D eigenvalue weighted by molar-refractivity contribution is -0.301. The Labute approximate surface area is 345 Å². The van der Waals surface area contributed by atoms with Crippen LogP contribution in [-0.4, -0.2) is 97.5 Å². The number of aliphatic hydroxyl groups is 3. The van der Waals surface area contributed by atoms with Crippen LogP contribution in [0.15, 0.2) is 36.5 Å². The highest BCUT2D eigenvalue weighted by Crippen LogP contribution is 2.26. The molecule has 0 aromatic carbocycles. The number of esters is 1. The molecule has 0 radical (unpaired) electrons. The van der Waals surface area contributed by atoms with Gasteiger partial charge in [-0.15, -0.1) is 0 Å². The molecular formula is C44H80O12S. The van der Waals surface area contributed by atoms with Gasteiger partial charge in [-0.2, -0.15) is 8.42 Å². The summed E-state index contributed by atoms with van der Waals surface area (Å²) in [5, 5.41) is 30.6. The van der Waals surface area contributed by atoms with Crippen LogP contribution in [0.5, 0.6) is 0 Å². The third-order valence-corrected chi connectivity index (χ3v) is 10.4. The van der Waals surface area contributed by atoms with Crippen LogP contribution in [0.3, 0.4) is 0 Å². The van der Waals surface area contributed by atoms with E-state index in [0.717, 1.165) is 83.5 Å². The minimum atomic E-state index is -5.06. The number of hydrogen-bond donors (Lipinski definition) is 4. The highest BCUT2D eigenvalue weighted by atomic mass is 32.3. The number of carbonyl (C=O) groups excluding carboxylic acids is 1. The molecule has 6 unspecified atom stereocenters. The lowest BCUT2D eigenvalue weighted by atomic mass is 9.99. The summed E-state index contributed by atoms with van der Waals surface area (Å²) >= 11 is 0. The maximum Gasteiger partial charge on any atom is 0.397 e. The molecule has 0 amide bonds. The average molecular weight is 833 g/mol. The summed E-state index contributed by atoms with van der Waals surface area (Å²) in [6.45, 7) is 3.88. The molecule has 334 valence electrons. The molecular weight excluding hydrogens is 753 g/mol. The fourth-order valence-corrected chi connectivity index (χ4v) is 7.09. The third-order valence-electron chi connectivity index (χ3n) is 9.97. The molecule has 1 fully saturated rings. The van der Waals surface area contributed by atoms with Crippen molar-refractivity contribution >= 4 is 16.4 Å². The minimum Gasteiger partial charge on any atom is -0.457 e. The Morgan fingerprint density at radius 3 is 1.75 bits per heavy atom. The molecule has 1 heterocycles. The molecule has 0 aromatic heterocycles. The lowest BCUT2D eigenvalue weighted by Crippen LogP contribution is -2.60. The monoisotopic (exact) mass is 833 g/mol. The zero-order valence-electron chi connectivity index (χ0n) is 35.4. The number of ether oxygens (including phenoxy) is 4. The van der Waals surface area contributed by atoms with E-state index in [1.807, 2.05) is 0 Å². The van der Waals surface area contributed by atoms with E-state index in [4.69, 9.17) is 23.5 Å². The molecule has 1 aliphatic heterocycles. The first-order valence-corrected chi connectivity index (χ1v) is 23.6. The van der Waals surface area contributed by atoms with Crippen LogP contribution in [0.25, 0.3) is 0 Å². The molecule has 0 saturated carbocycles. The van der Waals surface area contributed by atoms with Crippen molar-refractivity contribution in [2.75, 3.05) is 26.4 Å². The Kier molecular flexibility index (Phi) is 33.9. The summed E-state index contributed by atoms with van der Waals surface area (Å²) in [6.07, 6.45) is 31.7. The van der Waals surface area contributed by atoms with Crippen LogP contribution < -0.4 is 0 Å². The average Bonchev–Trinajstić information content (AvgIpc) is 3.18. The van der Waals surface area contributed by atoms with E-state index in [2.05, 4.69) is 54.5 Å². The molecule has 1 saturated heterocycles. The van der Waals surface area contributed by atoms with Crippen LogP contribution >= 0.6 is 0 Å². The summed E-state index contributed by atoms with van der Waals surface area (Å²) in [7, 11) is -5.06. The van der Waals surface area contributed by atoms with E-state index in [-0.39, 0.29) is 19.6 Å². The Morgan fingerprint density at radius 1 is 0.667 bits per heavy atom. The van der Waals surface area contributed by atoms with Gasteiger partial charge in [0, 0.05) is 13.0 Å². The molecule has 1 aliphatic rings. The van der Waals surface area contributed by atoms with E-state index in [9.17, 15) is 28.5 Å². The Bertz CT molecular complexity index is 1140. The van der Waals surface area contributed by atoms with Gasteiger partial charge in [-0.3, -0.25) is 9.35 Å². The second kappa shape index (κ2) is 36.2. The van der Waals surface area contributed by atoms with Crippen molar-refractivity contribution in [1.82, 2.24) is 0 Å². The molecule has 1 rings (SSSR count). The smallest absolute Gasteiger partial charge is 0.397 e. The fraction of sp³-hybridized carbons (Fsp3) is 0.841. The van der Waals surface area contributed by atoms with Gasteiger partial charge < -0.3 is 34.3 Å². The van der Waals surface area contributed by atoms with Crippen molar-refractivity contribution in [2.24, 2.45) is 0 Å². The van der Waals surface area contributed by atoms with Gasteiger partial charge in [-0.25, -0.2) is 4.18 Å². The van der Waals surface area contributed by atoms with Gasteiger partial charge in [0.25, 0.3) is 0 Å². The van der Waals surface area contributed by atoms with Gasteiger partial charge in [0.05, 0.1) is 19.8 Å². The first kappa shape index (κ1) is 53.3. The van der Waals surface area contributed by atoms with Crippen molar-refractivity contribution in [2.45, 2.75) is 211 Å². The molecule has 0 aromatic rings. The highest BCUT2D eigenvalue weighted by molar-refractivity contribution is 7.80. The molecule has 0 bridgehead atoms. The second-order valence-corrected chi connectivity index (χ2v) is 16.3. The van der Waals surface area contributed by atoms with Crippen LogP contribution in [-0.2, 0) is 38.3 Å². The maximum absolute atomic E-state index is 12.8. The van der Waals surface area contributed by atoms with Crippen LogP contribution in [0.4, 0.5) is 0 Å². The van der Waals surface area contributed by atoms with Crippen molar-refractivity contribution in [3.8, 4) is 0 Å². The van der Waals surface area contributed by atoms with Crippen molar-refractivity contribution in [3.05, 3.63) is 36.5 Å². The van der Waals surface area contributed by atoms with E-state index < -0.39 is 59.8 Å².